The van der Waals surface area contributed by atoms with Crippen molar-refractivity contribution in [3.63, 3.8) is 0 Å². The first-order valence-electron chi connectivity index (χ1n) is 18.5. The molecule has 7 aromatic carbocycles. The van der Waals surface area contributed by atoms with Crippen molar-refractivity contribution >= 4 is 22.9 Å². The maximum absolute atomic E-state index is 6.82. The van der Waals surface area contributed by atoms with E-state index in [-0.39, 0.29) is 17.6 Å². The molecule has 5 N–H and O–H groups in total. The normalized spacial score (nSPS) is 14.4. The molecule has 0 spiro atoms. The van der Waals surface area contributed by atoms with Crippen molar-refractivity contribution in [1.29, 1.82) is 0 Å². The zero-order valence-electron chi connectivity index (χ0n) is 30.3. The van der Waals surface area contributed by atoms with Crippen LogP contribution in [0.1, 0.15) is 59.4 Å². The molecule has 3 heteroatoms. The summed E-state index contributed by atoms with van der Waals surface area (Å²) in [5.41, 5.74) is 27.2. The van der Waals surface area contributed by atoms with Gasteiger partial charge in [-0.1, -0.05) is 178 Å². The standard InChI is InChI=1S/C50H45N3/c1-50(2)45-23-11-22-42(48(45)44-32-38-17-6-7-18-39(38)33-46(44)50)36-27-24-34(25-28-36)26-29-47(53-49(52)37-15-4-3-5-16-37)43-21-9-8-20-41(43)40-19-10-13-35(31-40)14-12-30-51/h3-29,31-33,47,49,53H,30,51-52H2,1-2H3/b14-12-,29-26+. The average molecular weight is 688 g/mol. The number of benzene rings is 7. The van der Waals surface area contributed by atoms with Crippen molar-refractivity contribution < 1.29 is 0 Å². The fraction of sp³-hybridized carbons (Fsp3) is 0.120. The molecule has 0 radical (unpaired) electrons. The van der Waals surface area contributed by atoms with Gasteiger partial charge in [0, 0.05) is 12.0 Å². The Hall–Kier alpha value is -5.84. The Morgan fingerprint density at radius 2 is 1.28 bits per heavy atom. The molecule has 0 bridgehead atoms. The summed E-state index contributed by atoms with van der Waals surface area (Å²) in [5, 5.41) is 6.30. The maximum atomic E-state index is 6.82. The molecule has 0 amide bonds. The zero-order chi connectivity index (χ0) is 36.4. The third kappa shape index (κ3) is 6.79. The first-order valence-corrected chi connectivity index (χ1v) is 18.5. The summed E-state index contributed by atoms with van der Waals surface area (Å²) in [4.78, 5) is 0. The van der Waals surface area contributed by atoms with Crippen LogP contribution in [-0.2, 0) is 5.41 Å². The third-order valence-electron chi connectivity index (χ3n) is 10.7. The molecule has 0 saturated heterocycles. The second-order valence-corrected chi connectivity index (χ2v) is 14.5. The van der Waals surface area contributed by atoms with Gasteiger partial charge in [0.25, 0.3) is 0 Å². The second-order valence-electron chi connectivity index (χ2n) is 14.5. The topological polar surface area (TPSA) is 64.1 Å². The summed E-state index contributed by atoms with van der Waals surface area (Å²) in [6.45, 7) is 5.21. The van der Waals surface area contributed by atoms with E-state index in [9.17, 15) is 0 Å². The van der Waals surface area contributed by atoms with Crippen LogP contribution in [0.15, 0.2) is 170 Å². The Labute approximate surface area is 313 Å². The molecule has 0 saturated carbocycles. The predicted octanol–water partition coefficient (Wildman–Crippen LogP) is 11.5. The summed E-state index contributed by atoms with van der Waals surface area (Å²) in [6.07, 6.45) is 8.14. The van der Waals surface area contributed by atoms with Gasteiger partial charge in [0.1, 0.15) is 0 Å². The maximum Gasteiger partial charge on any atom is 0.0817 e. The first kappa shape index (κ1) is 34.3. The van der Waals surface area contributed by atoms with E-state index >= 15 is 0 Å². The molecule has 1 aliphatic rings. The van der Waals surface area contributed by atoms with E-state index in [4.69, 9.17) is 11.5 Å². The van der Waals surface area contributed by atoms with Crippen molar-refractivity contribution in [1.82, 2.24) is 5.32 Å². The highest BCUT2D eigenvalue weighted by molar-refractivity contribution is 5.98. The van der Waals surface area contributed by atoms with E-state index in [0.717, 1.165) is 33.4 Å². The SMILES string of the molecule is CC1(C)c2cc3ccccc3cc2-c2c(-c3ccc(/C=C/C(NC(N)c4ccccc4)c4ccccc4-c4cccc(/C=C\CN)c4)cc3)cccc21. The van der Waals surface area contributed by atoms with Crippen LogP contribution in [0.2, 0.25) is 0 Å². The average Bonchev–Trinajstić information content (AvgIpc) is 3.43. The fourth-order valence-corrected chi connectivity index (χ4v) is 7.94. The molecular weight excluding hydrogens is 643 g/mol. The van der Waals surface area contributed by atoms with Crippen LogP contribution in [0.25, 0.3) is 56.3 Å². The predicted molar refractivity (Wildman–Crippen MR) is 225 cm³/mol. The highest BCUT2D eigenvalue weighted by Crippen LogP contribution is 2.53. The quantitative estimate of drug-likeness (QED) is 0.125. The van der Waals surface area contributed by atoms with Gasteiger partial charge in [-0.25, -0.2) is 0 Å². The lowest BCUT2D eigenvalue weighted by atomic mass is 9.81. The Morgan fingerprint density at radius 3 is 2.08 bits per heavy atom. The summed E-state index contributed by atoms with van der Waals surface area (Å²) in [5.74, 6) is 0. The summed E-state index contributed by atoms with van der Waals surface area (Å²) in [6, 6.07) is 56.4. The van der Waals surface area contributed by atoms with E-state index in [1.165, 1.54) is 44.2 Å². The van der Waals surface area contributed by atoms with Crippen LogP contribution in [0.3, 0.4) is 0 Å². The minimum atomic E-state index is -0.357. The van der Waals surface area contributed by atoms with Gasteiger partial charge in [-0.2, -0.15) is 0 Å². The van der Waals surface area contributed by atoms with Crippen molar-refractivity contribution in [2.75, 3.05) is 6.54 Å². The molecule has 7 aromatic rings. The molecule has 0 heterocycles. The Morgan fingerprint density at radius 1 is 0.585 bits per heavy atom. The van der Waals surface area contributed by atoms with Gasteiger partial charge < -0.3 is 11.5 Å². The van der Waals surface area contributed by atoms with E-state index in [0.29, 0.717) is 6.54 Å². The number of rotatable bonds is 10. The van der Waals surface area contributed by atoms with Crippen molar-refractivity contribution in [2.24, 2.45) is 11.5 Å². The number of hydrogen-bond acceptors (Lipinski definition) is 3. The first-order chi connectivity index (χ1) is 25.9. The number of nitrogens with one attached hydrogen (secondary N) is 1. The highest BCUT2D eigenvalue weighted by Gasteiger charge is 2.37. The van der Waals surface area contributed by atoms with Crippen LogP contribution in [0, 0.1) is 0 Å². The molecule has 260 valence electrons. The molecule has 3 nitrogen and oxygen atoms in total. The minimum absolute atomic E-state index is 0.0746. The molecule has 0 aromatic heterocycles. The van der Waals surface area contributed by atoms with Crippen molar-refractivity contribution in [3.8, 4) is 33.4 Å². The van der Waals surface area contributed by atoms with E-state index < -0.39 is 0 Å². The molecular formula is C50H45N3. The van der Waals surface area contributed by atoms with Gasteiger partial charge in [0.2, 0.25) is 0 Å². The van der Waals surface area contributed by atoms with Crippen LogP contribution in [0.4, 0.5) is 0 Å². The number of hydrogen-bond donors (Lipinski definition) is 3. The summed E-state index contributed by atoms with van der Waals surface area (Å²) >= 11 is 0. The fourth-order valence-electron chi connectivity index (χ4n) is 7.94. The smallest absolute Gasteiger partial charge is 0.0817 e. The molecule has 0 aliphatic heterocycles. The molecule has 2 atom stereocenters. The molecule has 2 unspecified atom stereocenters. The van der Waals surface area contributed by atoms with E-state index in [2.05, 4.69) is 177 Å². The lowest BCUT2D eigenvalue weighted by Gasteiger charge is -2.24. The van der Waals surface area contributed by atoms with Gasteiger partial charge in [-0.15, -0.1) is 0 Å². The van der Waals surface area contributed by atoms with Crippen LogP contribution < -0.4 is 16.8 Å². The number of fused-ring (bicyclic) bond motifs is 4. The van der Waals surface area contributed by atoms with Crippen molar-refractivity contribution in [3.05, 3.63) is 203 Å². The minimum Gasteiger partial charge on any atom is -0.327 e. The van der Waals surface area contributed by atoms with E-state index in [1.807, 2.05) is 24.3 Å². The molecule has 1 aliphatic carbocycles. The van der Waals surface area contributed by atoms with E-state index in [1.54, 1.807) is 0 Å². The number of nitrogens with two attached hydrogens (primary N) is 2. The molecule has 8 rings (SSSR count). The van der Waals surface area contributed by atoms with Gasteiger partial charge >= 0.3 is 0 Å². The monoisotopic (exact) mass is 687 g/mol. The zero-order valence-corrected chi connectivity index (χ0v) is 30.3. The van der Waals surface area contributed by atoms with Crippen LogP contribution in [-0.4, -0.2) is 6.54 Å². The van der Waals surface area contributed by atoms with Gasteiger partial charge in [-0.3, -0.25) is 5.32 Å². The Bertz CT molecular complexity index is 2450. The summed E-state index contributed by atoms with van der Waals surface area (Å²) in [7, 11) is 0. The van der Waals surface area contributed by atoms with Gasteiger partial charge in [0.05, 0.1) is 12.2 Å². The van der Waals surface area contributed by atoms with Crippen LogP contribution in [0.5, 0.6) is 0 Å². The highest BCUT2D eigenvalue weighted by atomic mass is 15.0. The third-order valence-corrected chi connectivity index (χ3v) is 10.7. The second kappa shape index (κ2) is 14.7. The van der Waals surface area contributed by atoms with Crippen LogP contribution >= 0.6 is 0 Å². The van der Waals surface area contributed by atoms with Gasteiger partial charge in [-0.05, 0) is 95.7 Å². The Kier molecular flexibility index (Phi) is 9.47. The van der Waals surface area contributed by atoms with Gasteiger partial charge in [0.15, 0.2) is 0 Å². The lowest BCUT2D eigenvalue weighted by molar-refractivity contribution is 0.510. The summed E-state index contributed by atoms with van der Waals surface area (Å²) < 4.78 is 0. The molecule has 0 fully saturated rings. The van der Waals surface area contributed by atoms with Crippen molar-refractivity contribution in [2.45, 2.75) is 31.5 Å². The lowest BCUT2D eigenvalue weighted by Crippen LogP contribution is -2.31. The molecule has 53 heavy (non-hydrogen) atoms. The largest absolute Gasteiger partial charge is 0.327 e. The Balaban J connectivity index is 1.14.